The fraction of sp³-hybridized carbons (Fsp3) is 0.318. The fourth-order valence-corrected chi connectivity index (χ4v) is 5.08. The van der Waals surface area contributed by atoms with Crippen LogP contribution in [0.15, 0.2) is 57.9 Å². The van der Waals surface area contributed by atoms with Gasteiger partial charge < -0.3 is 9.32 Å². The molecular weight excluding hydrogens is 437 g/mol. The van der Waals surface area contributed by atoms with E-state index in [0.29, 0.717) is 11.5 Å². The molecule has 5 rings (SSSR count). The highest BCUT2D eigenvalue weighted by Gasteiger charge is 2.49. The van der Waals surface area contributed by atoms with Gasteiger partial charge in [-0.15, -0.1) is 0 Å². The number of fused-ring (bicyclic) bond motifs is 2. The minimum Gasteiger partial charge on any atom is -0.444 e. The third-order valence-electron chi connectivity index (χ3n) is 6.05. The molecular formula is C22H19BrFN3O2. The van der Waals surface area contributed by atoms with Crippen molar-refractivity contribution in [3.63, 3.8) is 0 Å². The number of carbonyl (C=O) groups is 1. The Balaban J connectivity index is 1.43. The molecule has 1 aromatic carbocycles. The Hall–Kier alpha value is -2.54. The van der Waals surface area contributed by atoms with Crippen molar-refractivity contribution in [2.24, 2.45) is 5.92 Å². The van der Waals surface area contributed by atoms with E-state index in [-0.39, 0.29) is 29.4 Å². The van der Waals surface area contributed by atoms with Gasteiger partial charge in [0.05, 0.1) is 17.3 Å². The number of halogens is 2. The molecule has 3 aromatic rings. The summed E-state index contributed by atoms with van der Waals surface area (Å²) in [5, 5.41) is 0. The van der Waals surface area contributed by atoms with Crippen LogP contribution >= 0.6 is 15.9 Å². The summed E-state index contributed by atoms with van der Waals surface area (Å²) >= 11 is 3.42. The first-order valence-corrected chi connectivity index (χ1v) is 10.5. The van der Waals surface area contributed by atoms with Crippen molar-refractivity contribution >= 4 is 21.8 Å². The van der Waals surface area contributed by atoms with Gasteiger partial charge in [0.15, 0.2) is 0 Å². The summed E-state index contributed by atoms with van der Waals surface area (Å²) in [4.78, 5) is 24.0. The lowest BCUT2D eigenvalue weighted by Crippen LogP contribution is -2.37. The average Bonchev–Trinajstić information content (AvgIpc) is 3.45. The minimum atomic E-state index is -0.500. The molecule has 0 spiro atoms. The predicted octanol–water partition coefficient (Wildman–Crippen LogP) is 4.87. The summed E-state index contributed by atoms with van der Waals surface area (Å²) in [5.41, 5.74) is 1.48. The van der Waals surface area contributed by atoms with Crippen molar-refractivity contribution < 1.29 is 13.6 Å². The average molecular weight is 456 g/mol. The summed E-state index contributed by atoms with van der Waals surface area (Å²) in [5.74, 6) is -0.143. The van der Waals surface area contributed by atoms with Crippen molar-refractivity contribution in [2.75, 3.05) is 0 Å². The van der Waals surface area contributed by atoms with E-state index in [9.17, 15) is 9.18 Å². The zero-order chi connectivity index (χ0) is 20.0. The van der Waals surface area contributed by atoms with Gasteiger partial charge in [0, 0.05) is 28.4 Å². The molecule has 3 atom stereocenters. The van der Waals surface area contributed by atoms with Crippen LogP contribution < -0.4 is 0 Å². The SMILES string of the molecule is O=C(c1cccc(F)c1-c1ncco1)N1C2CCC1C(Cc1ccc(Br)cn1)C2. The van der Waals surface area contributed by atoms with Gasteiger partial charge in [-0.05, 0) is 71.8 Å². The number of pyridine rings is 1. The summed E-state index contributed by atoms with van der Waals surface area (Å²) in [7, 11) is 0. The minimum absolute atomic E-state index is 0.133. The number of rotatable bonds is 4. The van der Waals surface area contributed by atoms with Crippen molar-refractivity contribution in [3.8, 4) is 11.5 Å². The maximum absolute atomic E-state index is 14.6. The Morgan fingerprint density at radius 1 is 1.24 bits per heavy atom. The van der Waals surface area contributed by atoms with Gasteiger partial charge in [0.2, 0.25) is 5.89 Å². The third kappa shape index (κ3) is 3.27. The van der Waals surface area contributed by atoms with E-state index < -0.39 is 5.82 Å². The first-order chi connectivity index (χ1) is 14.1. The molecule has 5 nitrogen and oxygen atoms in total. The normalized spacial score (nSPS) is 23.0. The maximum atomic E-state index is 14.6. The molecule has 4 heterocycles. The smallest absolute Gasteiger partial charge is 0.255 e. The molecule has 2 aliphatic heterocycles. The zero-order valence-corrected chi connectivity index (χ0v) is 17.2. The molecule has 3 unspecified atom stereocenters. The maximum Gasteiger partial charge on any atom is 0.255 e. The van der Waals surface area contributed by atoms with E-state index >= 15 is 0 Å². The quantitative estimate of drug-likeness (QED) is 0.562. The van der Waals surface area contributed by atoms with E-state index in [1.54, 1.807) is 18.3 Å². The van der Waals surface area contributed by atoms with Crippen molar-refractivity contribution in [2.45, 2.75) is 37.8 Å². The summed E-state index contributed by atoms with van der Waals surface area (Å²) < 4.78 is 20.8. The highest BCUT2D eigenvalue weighted by molar-refractivity contribution is 9.10. The van der Waals surface area contributed by atoms with E-state index in [1.165, 1.54) is 18.5 Å². The molecule has 2 saturated heterocycles. The number of nitrogens with zero attached hydrogens (tertiary/aromatic N) is 3. The second-order valence-corrected chi connectivity index (χ2v) is 8.59. The van der Waals surface area contributed by atoms with Gasteiger partial charge in [0.25, 0.3) is 5.91 Å². The molecule has 0 saturated carbocycles. The monoisotopic (exact) mass is 455 g/mol. The summed E-state index contributed by atoms with van der Waals surface area (Å²) in [6, 6.07) is 8.91. The van der Waals surface area contributed by atoms with Crippen molar-refractivity contribution in [1.29, 1.82) is 0 Å². The van der Waals surface area contributed by atoms with Crippen LogP contribution in [-0.2, 0) is 6.42 Å². The van der Waals surface area contributed by atoms with Crippen molar-refractivity contribution in [3.05, 3.63) is 70.5 Å². The molecule has 0 radical (unpaired) electrons. The fourth-order valence-electron chi connectivity index (χ4n) is 4.85. The first kappa shape index (κ1) is 18.5. The van der Waals surface area contributed by atoms with E-state index in [1.807, 2.05) is 17.0 Å². The molecule has 7 heteroatoms. The molecule has 0 aliphatic carbocycles. The number of aromatic nitrogens is 2. The lowest BCUT2D eigenvalue weighted by atomic mass is 9.86. The second-order valence-electron chi connectivity index (χ2n) is 7.68. The van der Waals surface area contributed by atoms with Crippen LogP contribution in [0.1, 0.15) is 35.3 Å². The Morgan fingerprint density at radius 3 is 2.90 bits per heavy atom. The van der Waals surface area contributed by atoms with Crippen LogP contribution in [0.4, 0.5) is 4.39 Å². The van der Waals surface area contributed by atoms with Crippen LogP contribution in [0.3, 0.4) is 0 Å². The topological polar surface area (TPSA) is 59.2 Å². The van der Waals surface area contributed by atoms with Crippen LogP contribution in [-0.4, -0.2) is 32.9 Å². The van der Waals surface area contributed by atoms with Gasteiger partial charge in [-0.3, -0.25) is 9.78 Å². The van der Waals surface area contributed by atoms with Gasteiger partial charge in [-0.25, -0.2) is 9.37 Å². The number of carbonyl (C=O) groups excluding carboxylic acids is 1. The highest BCUT2D eigenvalue weighted by atomic mass is 79.9. The van der Waals surface area contributed by atoms with Crippen LogP contribution in [0, 0.1) is 11.7 Å². The van der Waals surface area contributed by atoms with E-state index in [0.717, 1.165) is 35.8 Å². The second kappa shape index (κ2) is 7.37. The van der Waals surface area contributed by atoms with Gasteiger partial charge >= 0.3 is 0 Å². The Kier molecular flexibility index (Phi) is 4.70. The van der Waals surface area contributed by atoms with E-state index in [4.69, 9.17) is 4.42 Å². The first-order valence-electron chi connectivity index (χ1n) is 9.73. The van der Waals surface area contributed by atoms with Crippen molar-refractivity contribution in [1.82, 2.24) is 14.9 Å². The number of benzene rings is 1. The third-order valence-corrected chi connectivity index (χ3v) is 6.52. The molecule has 29 heavy (non-hydrogen) atoms. The van der Waals surface area contributed by atoms with Gasteiger partial charge in [0.1, 0.15) is 12.1 Å². The number of amides is 1. The molecule has 0 N–H and O–H groups in total. The Morgan fingerprint density at radius 2 is 2.14 bits per heavy atom. The Labute approximate surface area is 176 Å². The molecule has 2 aromatic heterocycles. The molecule has 2 bridgehead atoms. The molecule has 2 fully saturated rings. The Bertz CT molecular complexity index is 1040. The molecule has 1 amide bonds. The number of oxazole rings is 1. The zero-order valence-electron chi connectivity index (χ0n) is 15.6. The van der Waals surface area contributed by atoms with Crippen LogP contribution in [0.25, 0.3) is 11.5 Å². The summed E-state index contributed by atoms with van der Waals surface area (Å²) in [6.45, 7) is 0. The van der Waals surface area contributed by atoms with Gasteiger partial charge in [-0.1, -0.05) is 6.07 Å². The predicted molar refractivity (Wildman–Crippen MR) is 109 cm³/mol. The molecule has 2 aliphatic rings. The summed E-state index contributed by atoms with van der Waals surface area (Å²) in [6.07, 6.45) is 8.41. The number of hydrogen-bond acceptors (Lipinski definition) is 4. The van der Waals surface area contributed by atoms with Gasteiger partial charge in [-0.2, -0.15) is 0 Å². The lowest BCUT2D eigenvalue weighted by molar-refractivity contribution is 0.0719. The largest absolute Gasteiger partial charge is 0.444 e. The number of hydrogen-bond donors (Lipinski definition) is 0. The highest BCUT2D eigenvalue weighted by Crippen LogP contribution is 2.44. The van der Waals surface area contributed by atoms with Crippen LogP contribution in [0.5, 0.6) is 0 Å². The van der Waals surface area contributed by atoms with Crippen LogP contribution in [0.2, 0.25) is 0 Å². The van der Waals surface area contributed by atoms with E-state index in [2.05, 4.69) is 25.9 Å². The lowest BCUT2D eigenvalue weighted by Gasteiger charge is -2.25. The standard InChI is InChI=1S/C22H19BrFN3O2/c23-14-4-5-15(26-12-14)10-13-11-16-6-7-19(13)27(16)22(28)17-2-1-3-18(24)20(17)21-25-8-9-29-21/h1-5,8-9,12-13,16,19H,6-7,10-11H2. The molecule has 148 valence electrons.